The minimum atomic E-state index is -0.601. The van der Waals surface area contributed by atoms with E-state index < -0.39 is 12.0 Å². The van der Waals surface area contributed by atoms with Crippen molar-refractivity contribution in [1.29, 1.82) is 0 Å². The summed E-state index contributed by atoms with van der Waals surface area (Å²) in [6.45, 7) is 4.00. The summed E-state index contributed by atoms with van der Waals surface area (Å²) in [5, 5.41) is 1.000. The van der Waals surface area contributed by atoms with Gasteiger partial charge in [-0.05, 0) is 30.0 Å². The molecule has 1 aliphatic heterocycles. The molecule has 1 aliphatic rings. The highest BCUT2D eigenvalue weighted by atomic mass is 16.5. The molecule has 1 saturated heterocycles. The summed E-state index contributed by atoms with van der Waals surface area (Å²) in [4.78, 5) is 28.4. The van der Waals surface area contributed by atoms with Crippen LogP contribution in [0.4, 0.5) is 0 Å². The average Bonchev–Trinajstić information content (AvgIpc) is 2.48. The van der Waals surface area contributed by atoms with Crippen LogP contribution in [0.5, 0.6) is 0 Å². The fourth-order valence-corrected chi connectivity index (χ4v) is 2.74. The van der Waals surface area contributed by atoms with Crippen molar-refractivity contribution >= 4 is 16.8 Å². The Morgan fingerprint density at radius 1 is 1.45 bits per heavy atom. The van der Waals surface area contributed by atoms with Crippen molar-refractivity contribution in [1.82, 2.24) is 9.88 Å². The second kappa shape index (κ2) is 5.90. The molecule has 0 bridgehead atoms. The lowest BCUT2D eigenvalue weighted by molar-refractivity contribution is -0.135. The number of aromatic nitrogens is 1. The number of carbonyl (C=O) groups excluding carboxylic acids is 1. The van der Waals surface area contributed by atoms with Gasteiger partial charge in [0.15, 0.2) is 0 Å². The molecule has 0 radical (unpaired) electrons. The summed E-state index contributed by atoms with van der Waals surface area (Å²) in [5.74, 6) is -0.465. The van der Waals surface area contributed by atoms with Gasteiger partial charge in [-0.15, -0.1) is 0 Å². The van der Waals surface area contributed by atoms with Gasteiger partial charge in [0.05, 0.1) is 6.61 Å². The molecule has 0 aliphatic carbocycles. The number of nitrogens with zero attached hydrogens (tertiary/aromatic N) is 1. The minimum Gasteiger partial charge on any atom is -0.367 e. The summed E-state index contributed by atoms with van der Waals surface area (Å²) in [7, 11) is 0. The number of aryl methyl sites for hydroxylation is 1. The van der Waals surface area contributed by atoms with Gasteiger partial charge in [0.25, 0.3) is 5.56 Å². The van der Waals surface area contributed by atoms with Gasteiger partial charge in [0, 0.05) is 30.7 Å². The quantitative estimate of drug-likeness (QED) is 0.865. The Hall–Kier alpha value is -2.18. The Kier molecular flexibility index (Phi) is 3.96. The van der Waals surface area contributed by atoms with Crippen molar-refractivity contribution in [2.75, 3.05) is 19.7 Å². The third-order valence-electron chi connectivity index (χ3n) is 3.94. The van der Waals surface area contributed by atoms with Crippen LogP contribution < -0.4 is 11.3 Å². The zero-order chi connectivity index (χ0) is 15.7. The van der Waals surface area contributed by atoms with Crippen molar-refractivity contribution in [3.8, 4) is 0 Å². The predicted octanol–water partition coefficient (Wildman–Crippen LogP) is 0.523. The number of aromatic amines is 1. The van der Waals surface area contributed by atoms with E-state index in [9.17, 15) is 9.59 Å². The Morgan fingerprint density at radius 3 is 3.05 bits per heavy atom. The van der Waals surface area contributed by atoms with Gasteiger partial charge < -0.3 is 15.5 Å². The zero-order valence-electron chi connectivity index (χ0n) is 12.5. The molecule has 1 fully saturated rings. The Morgan fingerprint density at radius 2 is 2.27 bits per heavy atom. The summed E-state index contributed by atoms with van der Waals surface area (Å²) >= 11 is 0. The largest absolute Gasteiger partial charge is 0.367 e. The molecule has 1 atom stereocenters. The highest BCUT2D eigenvalue weighted by Gasteiger charge is 2.25. The lowest BCUT2D eigenvalue weighted by atomic mass is 10.1. The van der Waals surface area contributed by atoms with Crippen molar-refractivity contribution < 1.29 is 9.53 Å². The lowest BCUT2D eigenvalue weighted by Crippen LogP contribution is -2.48. The van der Waals surface area contributed by atoms with Crippen molar-refractivity contribution in [2.45, 2.75) is 19.6 Å². The highest BCUT2D eigenvalue weighted by molar-refractivity contribution is 5.80. The molecular formula is C16H19N3O3. The third kappa shape index (κ3) is 3.03. The first kappa shape index (κ1) is 14.7. The Bertz CT molecular complexity index is 769. The van der Waals surface area contributed by atoms with E-state index in [1.165, 1.54) is 0 Å². The van der Waals surface area contributed by atoms with E-state index in [1.807, 2.05) is 36.1 Å². The maximum atomic E-state index is 12.2. The molecule has 2 aromatic rings. The molecule has 1 amide bonds. The second-order valence-corrected chi connectivity index (χ2v) is 5.71. The van der Waals surface area contributed by atoms with Gasteiger partial charge in [-0.1, -0.05) is 12.1 Å². The molecule has 1 aromatic heterocycles. The van der Waals surface area contributed by atoms with Gasteiger partial charge in [-0.3, -0.25) is 14.5 Å². The van der Waals surface area contributed by atoms with E-state index in [-0.39, 0.29) is 5.56 Å². The molecule has 0 unspecified atom stereocenters. The summed E-state index contributed by atoms with van der Waals surface area (Å²) in [5.41, 5.74) is 7.81. The van der Waals surface area contributed by atoms with E-state index >= 15 is 0 Å². The first-order valence-electron chi connectivity index (χ1n) is 7.29. The van der Waals surface area contributed by atoms with Crippen LogP contribution in [0.2, 0.25) is 0 Å². The van der Waals surface area contributed by atoms with E-state index in [0.717, 1.165) is 16.5 Å². The first-order valence-corrected chi connectivity index (χ1v) is 7.29. The number of primary amides is 1. The molecular weight excluding hydrogens is 282 g/mol. The van der Waals surface area contributed by atoms with Crippen LogP contribution in [0.3, 0.4) is 0 Å². The smallest absolute Gasteiger partial charge is 0.252 e. The number of morpholine rings is 1. The summed E-state index contributed by atoms with van der Waals surface area (Å²) in [6, 6.07) is 7.87. The monoisotopic (exact) mass is 301 g/mol. The van der Waals surface area contributed by atoms with Crippen molar-refractivity contribution in [3.05, 3.63) is 45.7 Å². The number of rotatable bonds is 3. The number of ether oxygens (including phenoxy) is 1. The molecule has 0 spiro atoms. The van der Waals surface area contributed by atoms with Crippen LogP contribution in [-0.4, -0.2) is 41.6 Å². The summed E-state index contributed by atoms with van der Waals surface area (Å²) < 4.78 is 5.32. The third-order valence-corrected chi connectivity index (χ3v) is 3.94. The maximum absolute atomic E-state index is 12.2. The van der Waals surface area contributed by atoms with Crippen LogP contribution in [0.15, 0.2) is 29.1 Å². The SMILES string of the molecule is Cc1ccc2cc(CN3CCO[C@@H](C(N)=O)C3)c(=O)[nH]c2c1. The van der Waals surface area contributed by atoms with Crippen LogP contribution in [0.25, 0.3) is 10.9 Å². The summed E-state index contributed by atoms with van der Waals surface area (Å²) in [6.07, 6.45) is -0.601. The van der Waals surface area contributed by atoms with E-state index in [1.54, 1.807) is 0 Å². The molecule has 1 aromatic carbocycles. The number of hydrogen-bond donors (Lipinski definition) is 2. The molecule has 22 heavy (non-hydrogen) atoms. The van der Waals surface area contributed by atoms with Gasteiger partial charge in [-0.2, -0.15) is 0 Å². The molecule has 6 nitrogen and oxygen atoms in total. The molecule has 6 heteroatoms. The van der Waals surface area contributed by atoms with Crippen molar-refractivity contribution in [3.63, 3.8) is 0 Å². The molecule has 116 valence electrons. The molecule has 3 rings (SSSR count). The van der Waals surface area contributed by atoms with Crippen molar-refractivity contribution in [2.24, 2.45) is 5.73 Å². The van der Waals surface area contributed by atoms with Crippen LogP contribution in [0, 0.1) is 6.92 Å². The number of amides is 1. The Balaban J connectivity index is 1.84. The number of benzene rings is 1. The number of nitrogens with two attached hydrogens (primary N) is 1. The average molecular weight is 301 g/mol. The molecule has 2 heterocycles. The van der Waals surface area contributed by atoms with Gasteiger partial charge in [0.1, 0.15) is 6.10 Å². The fraction of sp³-hybridized carbons (Fsp3) is 0.375. The standard InChI is InChI=1S/C16H19N3O3/c1-10-2-3-11-7-12(16(21)18-13(11)6-10)8-19-4-5-22-14(9-19)15(17)20/h2-3,6-7,14H,4-5,8-9H2,1H3,(H2,17,20)(H,18,21)/t14-/m1/s1. The molecule has 3 N–H and O–H groups in total. The second-order valence-electron chi connectivity index (χ2n) is 5.71. The number of hydrogen-bond acceptors (Lipinski definition) is 4. The van der Waals surface area contributed by atoms with Gasteiger partial charge in [-0.25, -0.2) is 0 Å². The van der Waals surface area contributed by atoms with Gasteiger partial charge >= 0.3 is 0 Å². The topological polar surface area (TPSA) is 88.4 Å². The molecule has 0 saturated carbocycles. The van der Waals surface area contributed by atoms with E-state index in [0.29, 0.717) is 31.8 Å². The maximum Gasteiger partial charge on any atom is 0.252 e. The number of H-pyrrole nitrogens is 1. The highest BCUT2D eigenvalue weighted by Crippen LogP contribution is 2.15. The fourth-order valence-electron chi connectivity index (χ4n) is 2.74. The lowest BCUT2D eigenvalue weighted by Gasteiger charge is -2.31. The van der Waals surface area contributed by atoms with Crippen LogP contribution >= 0.6 is 0 Å². The predicted molar refractivity (Wildman–Crippen MR) is 83.5 cm³/mol. The number of nitrogens with one attached hydrogen (secondary N) is 1. The van der Waals surface area contributed by atoms with Crippen LogP contribution in [0.1, 0.15) is 11.1 Å². The number of carbonyl (C=O) groups is 1. The normalized spacial score (nSPS) is 19.4. The van der Waals surface area contributed by atoms with E-state index in [2.05, 4.69) is 4.98 Å². The zero-order valence-corrected chi connectivity index (χ0v) is 12.5. The Labute approximate surface area is 127 Å². The van der Waals surface area contributed by atoms with Crippen LogP contribution in [-0.2, 0) is 16.1 Å². The number of pyridine rings is 1. The number of fused-ring (bicyclic) bond motifs is 1. The minimum absolute atomic E-state index is 0.0970. The first-order chi connectivity index (χ1) is 10.5. The van der Waals surface area contributed by atoms with E-state index in [4.69, 9.17) is 10.5 Å². The van der Waals surface area contributed by atoms with Gasteiger partial charge in [0.2, 0.25) is 5.91 Å².